The molecule has 0 atom stereocenters. The molecule has 1 aromatic heterocycles. The minimum absolute atomic E-state index is 0.0688. The van der Waals surface area contributed by atoms with Gasteiger partial charge in [0, 0.05) is 11.1 Å². The molecule has 0 N–H and O–H groups in total. The molecule has 0 spiro atoms. The number of hydrogen-bond acceptors (Lipinski definition) is 2. The summed E-state index contributed by atoms with van der Waals surface area (Å²) in [6.07, 6.45) is 2.08. The first kappa shape index (κ1) is 12.3. The van der Waals surface area contributed by atoms with E-state index in [1.54, 1.807) is 6.07 Å². The molecule has 0 fully saturated rings. The summed E-state index contributed by atoms with van der Waals surface area (Å²) in [6.45, 7) is 1.96. The number of nitrogens with zero attached hydrogens (tertiary/aromatic N) is 2. The van der Waals surface area contributed by atoms with Crippen LogP contribution in [0.15, 0.2) is 24.5 Å². The highest BCUT2D eigenvalue weighted by Crippen LogP contribution is 2.28. The van der Waals surface area contributed by atoms with Crippen molar-refractivity contribution >= 4 is 23.2 Å². The SMILES string of the molecule is CCc1c(Cl)ncnc1-c1ccc(F)c(Cl)c1. The third-order valence-corrected chi connectivity index (χ3v) is 3.05. The lowest BCUT2D eigenvalue weighted by Crippen LogP contribution is -1.95. The van der Waals surface area contributed by atoms with Gasteiger partial charge in [-0.1, -0.05) is 30.1 Å². The van der Waals surface area contributed by atoms with Gasteiger partial charge >= 0.3 is 0 Å². The third-order valence-electron chi connectivity index (χ3n) is 2.44. The first-order chi connectivity index (χ1) is 8.13. The van der Waals surface area contributed by atoms with Gasteiger partial charge in [0.1, 0.15) is 17.3 Å². The number of aromatic nitrogens is 2. The standard InChI is InChI=1S/C12H9Cl2FN2/c1-2-8-11(16-6-17-12(8)14)7-3-4-10(15)9(13)5-7/h3-6H,2H2,1H3. The van der Waals surface area contributed by atoms with Crippen LogP contribution in [0.5, 0.6) is 0 Å². The average molecular weight is 271 g/mol. The van der Waals surface area contributed by atoms with Gasteiger partial charge in [0.15, 0.2) is 0 Å². The van der Waals surface area contributed by atoms with E-state index >= 15 is 0 Å². The van der Waals surface area contributed by atoms with Gasteiger partial charge in [0.2, 0.25) is 0 Å². The van der Waals surface area contributed by atoms with Crippen molar-refractivity contribution in [1.82, 2.24) is 9.97 Å². The van der Waals surface area contributed by atoms with Crippen molar-refractivity contribution < 1.29 is 4.39 Å². The lowest BCUT2D eigenvalue weighted by molar-refractivity contribution is 0.628. The summed E-state index contributed by atoms with van der Waals surface area (Å²) in [5.41, 5.74) is 2.25. The Morgan fingerprint density at radius 2 is 2.00 bits per heavy atom. The summed E-state index contributed by atoms with van der Waals surface area (Å²) in [7, 11) is 0. The molecule has 0 radical (unpaired) electrons. The second-order valence-corrected chi connectivity index (χ2v) is 4.24. The number of benzene rings is 1. The molecule has 0 aliphatic rings. The molecule has 0 amide bonds. The van der Waals surface area contributed by atoms with Gasteiger partial charge in [-0.05, 0) is 24.6 Å². The van der Waals surface area contributed by atoms with E-state index in [0.29, 0.717) is 17.3 Å². The molecule has 0 saturated carbocycles. The van der Waals surface area contributed by atoms with Gasteiger partial charge in [-0.2, -0.15) is 0 Å². The highest BCUT2D eigenvalue weighted by Gasteiger charge is 2.11. The Morgan fingerprint density at radius 1 is 1.24 bits per heavy atom. The van der Waals surface area contributed by atoms with Crippen molar-refractivity contribution in [3.63, 3.8) is 0 Å². The molecule has 0 saturated heterocycles. The minimum Gasteiger partial charge on any atom is -0.236 e. The van der Waals surface area contributed by atoms with Gasteiger partial charge < -0.3 is 0 Å². The lowest BCUT2D eigenvalue weighted by Gasteiger charge is -2.08. The van der Waals surface area contributed by atoms with Crippen LogP contribution in [0.2, 0.25) is 10.2 Å². The minimum atomic E-state index is -0.450. The fourth-order valence-electron chi connectivity index (χ4n) is 1.60. The Balaban J connectivity index is 2.60. The van der Waals surface area contributed by atoms with Gasteiger partial charge in [-0.3, -0.25) is 0 Å². The Morgan fingerprint density at radius 3 is 2.65 bits per heavy atom. The Labute approximate surface area is 108 Å². The molecular formula is C12H9Cl2FN2. The monoisotopic (exact) mass is 270 g/mol. The topological polar surface area (TPSA) is 25.8 Å². The summed E-state index contributed by atoms with van der Waals surface area (Å²) in [4.78, 5) is 8.10. The number of hydrogen-bond donors (Lipinski definition) is 0. The Kier molecular flexibility index (Phi) is 3.60. The zero-order valence-corrected chi connectivity index (χ0v) is 10.6. The summed E-state index contributed by atoms with van der Waals surface area (Å²) < 4.78 is 13.1. The van der Waals surface area contributed by atoms with E-state index in [-0.39, 0.29) is 5.02 Å². The van der Waals surface area contributed by atoms with Crippen LogP contribution in [0.25, 0.3) is 11.3 Å². The van der Waals surface area contributed by atoms with Gasteiger partial charge in [-0.15, -0.1) is 0 Å². The van der Waals surface area contributed by atoms with Crippen LogP contribution in [0.3, 0.4) is 0 Å². The molecule has 2 aromatic rings. The molecule has 88 valence electrons. The molecule has 2 rings (SSSR count). The second kappa shape index (κ2) is 4.98. The van der Waals surface area contributed by atoms with Crippen LogP contribution in [-0.2, 0) is 6.42 Å². The fraction of sp³-hybridized carbons (Fsp3) is 0.167. The predicted octanol–water partition coefficient (Wildman–Crippen LogP) is 4.15. The summed E-state index contributed by atoms with van der Waals surface area (Å²) in [5.74, 6) is -0.450. The van der Waals surface area contributed by atoms with E-state index in [1.807, 2.05) is 6.92 Å². The molecule has 0 bridgehead atoms. The summed E-state index contributed by atoms with van der Waals surface area (Å²) in [6, 6.07) is 4.47. The van der Waals surface area contributed by atoms with E-state index in [2.05, 4.69) is 9.97 Å². The molecule has 2 nitrogen and oxygen atoms in total. The molecule has 0 aliphatic heterocycles. The molecule has 0 unspecified atom stereocenters. The second-order valence-electron chi connectivity index (χ2n) is 3.47. The van der Waals surface area contributed by atoms with Crippen molar-refractivity contribution in [2.24, 2.45) is 0 Å². The van der Waals surface area contributed by atoms with Crippen molar-refractivity contribution in [1.29, 1.82) is 0 Å². The van der Waals surface area contributed by atoms with Gasteiger partial charge in [0.05, 0.1) is 10.7 Å². The smallest absolute Gasteiger partial charge is 0.141 e. The zero-order chi connectivity index (χ0) is 12.4. The van der Waals surface area contributed by atoms with E-state index < -0.39 is 5.82 Å². The van der Waals surface area contributed by atoms with Crippen LogP contribution in [0.4, 0.5) is 4.39 Å². The molecular weight excluding hydrogens is 262 g/mol. The van der Waals surface area contributed by atoms with E-state index in [1.165, 1.54) is 18.5 Å². The molecule has 5 heteroatoms. The first-order valence-corrected chi connectivity index (χ1v) is 5.84. The fourth-order valence-corrected chi connectivity index (χ4v) is 2.04. The quantitative estimate of drug-likeness (QED) is 0.767. The Hall–Kier alpha value is -1.19. The molecule has 0 aliphatic carbocycles. The first-order valence-electron chi connectivity index (χ1n) is 5.08. The summed E-state index contributed by atoms with van der Waals surface area (Å²) >= 11 is 11.7. The van der Waals surface area contributed by atoms with Crippen molar-refractivity contribution in [3.8, 4) is 11.3 Å². The van der Waals surface area contributed by atoms with Crippen LogP contribution >= 0.6 is 23.2 Å². The molecule has 1 heterocycles. The highest BCUT2D eigenvalue weighted by molar-refractivity contribution is 6.31. The van der Waals surface area contributed by atoms with Gasteiger partial charge in [-0.25, -0.2) is 14.4 Å². The third kappa shape index (κ3) is 2.40. The van der Waals surface area contributed by atoms with Crippen LogP contribution in [0, 0.1) is 5.82 Å². The maximum absolute atomic E-state index is 13.1. The van der Waals surface area contributed by atoms with Gasteiger partial charge in [0.25, 0.3) is 0 Å². The number of halogens is 3. The van der Waals surface area contributed by atoms with Crippen molar-refractivity contribution in [2.45, 2.75) is 13.3 Å². The maximum atomic E-state index is 13.1. The van der Waals surface area contributed by atoms with Crippen LogP contribution in [0.1, 0.15) is 12.5 Å². The maximum Gasteiger partial charge on any atom is 0.141 e. The van der Waals surface area contributed by atoms with Crippen LogP contribution < -0.4 is 0 Å². The van der Waals surface area contributed by atoms with E-state index in [9.17, 15) is 4.39 Å². The summed E-state index contributed by atoms with van der Waals surface area (Å²) in [5, 5.41) is 0.484. The van der Waals surface area contributed by atoms with Crippen LogP contribution in [-0.4, -0.2) is 9.97 Å². The van der Waals surface area contributed by atoms with Crippen molar-refractivity contribution in [2.75, 3.05) is 0 Å². The number of rotatable bonds is 2. The largest absolute Gasteiger partial charge is 0.236 e. The average Bonchev–Trinajstić information content (AvgIpc) is 2.32. The normalized spacial score (nSPS) is 10.6. The predicted molar refractivity (Wildman–Crippen MR) is 66.8 cm³/mol. The molecule has 17 heavy (non-hydrogen) atoms. The highest BCUT2D eigenvalue weighted by atomic mass is 35.5. The lowest BCUT2D eigenvalue weighted by atomic mass is 10.1. The van der Waals surface area contributed by atoms with E-state index in [4.69, 9.17) is 23.2 Å². The Bertz CT molecular complexity index is 558. The van der Waals surface area contributed by atoms with Crippen molar-refractivity contribution in [3.05, 3.63) is 46.1 Å². The molecule has 1 aromatic carbocycles. The van der Waals surface area contributed by atoms with E-state index in [0.717, 1.165) is 11.1 Å². The zero-order valence-electron chi connectivity index (χ0n) is 9.04.